The third-order valence-electron chi connectivity index (χ3n) is 3.04. The fraction of sp³-hybridized carbons (Fsp3) is 0.200. The van der Waals surface area contributed by atoms with Crippen LogP contribution in [-0.2, 0) is 9.53 Å². The Morgan fingerprint density at radius 3 is 2.57 bits per heavy atom. The summed E-state index contributed by atoms with van der Waals surface area (Å²) in [6.07, 6.45) is 0. The number of nitrogens with one attached hydrogen (secondary N) is 1. The molecular weight excluding hydrogens is 288 g/mol. The first kappa shape index (κ1) is 15.2. The largest absolute Gasteiger partial charge is 0.465 e. The molecule has 0 fully saturated rings. The van der Waals surface area contributed by atoms with Crippen molar-refractivity contribution < 1.29 is 14.3 Å². The molecule has 3 N–H and O–H groups in total. The maximum atomic E-state index is 12.2. The van der Waals surface area contributed by atoms with Gasteiger partial charge < -0.3 is 15.8 Å². The van der Waals surface area contributed by atoms with E-state index in [-0.39, 0.29) is 5.91 Å². The van der Waals surface area contributed by atoms with Crippen molar-refractivity contribution in [3.8, 4) is 0 Å². The van der Waals surface area contributed by atoms with Gasteiger partial charge in [0.25, 0.3) is 0 Å². The average Bonchev–Trinajstić information content (AvgIpc) is 2.87. The first-order chi connectivity index (χ1) is 10.0. The number of nitrogens with two attached hydrogens (primary N) is 1. The minimum absolute atomic E-state index is 0.364. The zero-order valence-corrected chi connectivity index (χ0v) is 12.6. The van der Waals surface area contributed by atoms with Crippen LogP contribution < -0.4 is 11.1 Å². The summed E-state index contributed by atoms with van der Waals surface area (Å²) in [5, 5.41) is 4.51. The molecule has 1 aromatic heterocycles. The predicted octanol–water partition coefficient (Wildman–Crippen LogP) is 2.48. The highest BCUT2D eigenvalue weighted by Gasteiger charge is 2.22. The highest BCUT2D eigenvalue weighted by Crippen LogP contribution is 2.29. The molecule has 2 rings (SSSR count). The maximum absolute atomic E-state index is 12.2. The van der Waals surface area contributed by atoms with Gasteiger partial charge in [0.15, 0.2) is 0 Å². The van der Waals surface area contributed by atoms with Crippen LogP contribution >= 0.6 is 11.3 Å². The molecule has 0 aliphatic rings. The Morgan fingerprint density at radius 2 is 1.95 bits per heavy atom. The van der Waals surface area contributed by atoms with Gasteiger partial charge in [0.05, 0.1) is 12.8 Å². The molecule has 5 nitrogen and oxygen atoms in total. The van der Waals surface area contributed by atoms with Crippen LogP contribution in [0.4, 0.5) is 5.69 Å². The zero-order valence-electron chi connectivity index (χ0n) is 11.8. The third-order valence-corrected chi connectivity index (χ3v) is 4.11. The van der Waals surface area contributed by atoms with Crippen molar-refractivity contribution in [3.05, 3.63) is 51.7 Å². The molecule has 0 saturated heterocycles. The van der Waals surface area contributed by atoms with Crippen LogP contribution in [0.2, 0.25) is 0 Å². The minimum Gasteiger partial charge on any atom is -0.465 e. The number of thiophene rings is 1. The standard InChI is InChI=1S/C15H16N2O3S/c1-9-8-21-13(15(19)20-2)12(9)17-14(18)11(16)10-6-4-3-5-7-10/h3-8,11H,16H2,1-2H3,(H,17,18)/t11-/m1/s1. The molecule has 1 heterocycles. The molecule has 1 atom stereocenters. The van der Waals surface area contributed by atoms with E-state index in [0.29, 0.717) is 16.1 Å². The van der Waals surface area contributed by atoms with Crippen molar-refractivity contribution in [2.75, 3.05) is 12.4 Å². The van der Waals surface area contributed by atoms with Crippen LogP contribution in [0, 0.1) is 6.92 Å². The molecule has 21 heavy (non-hydrogen) atoms. The number of aryl methyl sites for hydroxylation is 1. The van der Waals surface area contributed by atoms with Crippen LogP contribution in [-0.4, -0.2) is 19.0 Å². The van der Waals surface area contributed by atoms with Crippen molar-refractivity contribution in [2.45, 2.75) is 13.0 Å². The predicted molar refractivity (Wildman–Crippen MR) is 82.4 cm³/mol. The van der Waals surface area contributed by atoms with E-state index < -0.39 is 12.0 Å². The van der Waals surface area contributed by atoms with E-state index in [1.165, 1.54) is 18.4 Å². The SMILES string of the molecule is COC(=O)c1scc(C)c1NC(=O)[C@H](N)c1ccccc1. The maximum Gasteiger partial charge on any atom is 0.350 e. The van der Waals surface area contributed by atoms with Gasteiger partial charge in [-0.3, -0.25) is 4.79 Å². The highest BCUT2D eigenvalue weighted by molar-refractivity contribution is 7.12. The van der Waals surface area contributed by atoms with E-state index in [1.54, 1.807) is 17.5 Å². The Morgan fingerprint density at radius 1 is 1.29 bits per heavy atom. The van der Waals surface area contributed by atoms with E-state index >= 15 is 0 Å². The van der Waals surface area contributed by atoms with Gasteiger partial charge in [-0.05, 0) is 23.4 Å². The lowest BCUT2D eigenvalue weighted by Gasteiger charge is -2.13. The van der Waals surface area contributed by atoms with Crippen molar-refractivity contribution >= 4 is 28.9 Å². The van der Waals surface area contributed by atoms with Crippen LogP contribution in [0.15, 0.2) is 35.7 Å². The Labute approximate surface area is 126 Å². The van der Waals surface area contributed by atoms with Gasteiger partial charge in [0.2, 0.25) is 5.91 Å². The summed E-state index contributed by atoms with van der Waals surface area (Å²) in [5.41, 5.74) is 7.91. The summed E-state index contributed by atoms with van der Waals surface area (Å²) in [6, 6.07) is 8.26. The van der Waals surface area contributed by atoms with Gasteiger partial charge in [-0.1, -0.05) is 30.3 Å². The lowest BCUT2D eigenvalue weighted by molar-refractivity contribution is -0.117. The van der Waals surface area contributed by atoms with Crippen molar-refractivity contribution in [2.24, 2.45) is 5.73 Å². The summed E-state index contributed by atoms with van der Waals surface area (Å²) in [7, 11) is 1.30. The van der Waals surface area contributed by atoms with Crippen LogP contribution in [0.5, 0.6) is 0 Å². The average molecular weight is 304 g/mol. The van der Waals surface area contributed by atoms with Gasteiger partial charge in [0.1, 0.15) is 10.9 Å². The molecule has 0 unspecified atom stereocenters. The van der Waals surface area contributed by atoms with Gasteiger partial charge in [-0.15, -0.1) is 11.3 Å². The second-order valence-electron chi connectivity index (χ2n) is 4.49. The van der Waals surface area contributed by atoms with Crippen molar-refractivity contribution in [1.82, 2.24) is 0 Å². The fourth-order valence-electron chi connectivity index (χ4n) is 1.86. The summed E-state index contributed by atoms with van der Waals surface area (Å²) in [5.74, 6) is -0.843. The molecule has 0 aliphatic carbocycles. The van der Waals surface area contributed by atoms with E-state index in [2.05, 4.69) is 5.32 Å². The number of benzene rings is 1. The number of rotatable bonds is 4. The first-order valence-corrected chi connectivity index (χ1v) is 7.20. The molecule has 0 saturated carbocycles. The van der Waals surface area contributed by atoms with E-state index in [9.17, 15) is 9.59 Å². The summed E-state index contributed by atoms with van der Waals surface area (Å²) in [4.78, 5) is 24.3. The van der Waals surface area contributed by atoms with Crippen molar-refractivity contribution in [1.29, 1.82) is 0 Å². The molecular formula is C15H16N2O3S. The number of hydrogen-bond acceptors (Lipinski definition) is 5. The van der Waals surface area contributed by atoms with Crippen LogP contribution in [0.3, 0.4) is 0 Å². The second kappa shape index (κ2) is 6.51. The Hall–Kier alpha value is -2.18. The molecule has 0 aliphatic heterocycles. The minimum atomic E-state index is -0.795. The number of ether oxygens (including phenoxy) is 1. The lowest BCUT2D eigenvalue weighted by Crippen LogP contribution is -2.28. The highest BCUT2D eigenvalue weighted by atomic mass is 32.1. The second-order valence-corrected chi connectivity index (χ2v) is 5.37. The molecule has 0 bridgehead atoms. The topological polar surface area (TPSA) is 81.4 Å². The number of hydrogen-bond donors (Lipinski definition) is 2. The van der Waals surface area contributed by atoms with Crippen LogP contribution in [0.25, 0.3) is 0 Å². The van der Waals surface area contributed by atoms with E-state index in [0.717, 1.165) is 5.56 Å². The molecule has 6 heteroatoms. The molecule has 0 radical (unpaired) electrons. The third kappa shape index (κ3) is 3.29. The molecule has 1 aromatic carbocycles. The van der Waals surface area contributed by atoms with Crippen molar-refractivity contribution in [3.63, 3.8) is 0 Å². The normalized spacial score (nSPS) is 11.8. The van der Waals surface area contributed by atoms with E-state index in [1.807, 2.05) is 25.1 Å². The summed E-state index contributed by atoms with van der Waals surface area (Å²) >= 11 is 1.23. The van der Waals surface area contributed by atoms with Gasteiger partial charge in [-0.25, -0.2) is 4.79 Å². The number of anilines is 1. The molecule has 1 amide bonds. The molecule has 2 aromatic rings. The van der Waals surface area contributed by atoms with Gasteiger partial charge in [0, 0.05) is 0 Å². The van der Waals surface area contributed by atoms with Crippen LogP contribution in [0.1, 0.15) is 26.8 Å². The molecule has 110 valence electrons. The number of carbonyl (C=O) groups is 2. The number of methoxy groups -OCH3 is 1. The Kier molecular flexibility index (Phi) is 4.72. The summed E-state index contributed by atoms with van der Waals surface area (Å²) < 4.78 is 4.71. The number of esters is 1. The number of amides is 1. The monoisotopic (exact) mass is 304 g/mol. The fourth-order valence-corrected chi connectivity index (χ4v) is 2.78. The zero-order chi connectivity index (χ0) is 15.4. The lowest BCUT2D eigenvalue weighted by atomic mass is 10.1. The number of carbonyl (C=O) groups excluding carboxylic acids is 2. The smallest absolute Gasteiger partial charge is 0.350 e. The Bertz CT molecular complexity index is 652. The van der Waals surface area contributed by atoms with Gasteiger partial charge >= 0.3 is 5.97 Å². The van der Waals surface area contributed by atoms with E-state index in [4.69, 9.17) is 10.5 Å². The summed E-state index contributed by atoms with van der Waals surface area (Å²) in [6.45, 7) is 1.81. The first-order valence-electron chi connectivity index (χ1n) is 6.32. The van der Waals surface area contributed by atoms with Gasteiger partial charge in [-0.2, -0.15) is 0 Å². The Balaban J connectivity index is 2.20. The molecule has 0 spiro atoms. The quantitative estimate of drug-likeness (QED) is 0.850.